The smallest absolute Gasteiger partial charge is 0.0186 e. The molecule has 12 heavy (non-hydrogen) atoms. The van der Waals surface area contributed by atoms with E-state index < -0.39 is 0 Å². The van der Waals surface area contributed by atoms with Gasteiger partial charge in [0.15, 0.2) is 0 Å². The van der Waals surface area contributed by atoms with Gasteiger partial charge in [-0.05, 0) is 20.9 Å². The van der Waals surface area contributed by atoms with Crippen LogP contribution >= 0.6 is 0 Å². The van der Waals surface area contributed by atoms with E-state index in [2.05, 4.69) is 25.8 Å². The van der Waals surface area contributed by atoms with E-state index in [9.17, 15) is 4.79 Å². The minimum atomic E-state index is -0.0469. The Kier molecular flexibility index (Phi) is 4.40. The van der Waals surface area contributed by atoms with Crippen molar-refractivity contribution in [3.05, 3.63) is 0 Å². The molecule has 1 amide bonds. The first-order valence-electron chi connectivity index (χ1n) is 3.90. The predicted octanol–water partition coefficient (Wildman–Crippen LogP) is 0.0771. The topological polar surface area (TPSA) is 23.6 Å². The Bertz CT molecular complexity index is 161. The van der Waals surface area contributed by atoms with Crippen LogP contribution in [0.25, 0.3) is 0 Å². The molecule has 71 valence electrons. The van der Waals surface area contributed by atoms with E-state index in [1.165, 1.54) is 0 Å². The maximum Gasteiger partial charge on any atom is 0.0186 e. The SMILES string of the molecule is CN1CCN([C-]=O)C(C)(C)C1.[Re]. The van der Waals surface area contributed by atoms with Gasteiger partial charge >= 0.3 is 0 Å². The molecule has 1 aliphatic heterocycles. The third-order valence-electron chi connectivity index (χ3n) is 2.20. The largest absolute Gasteiger partial charge is 0.520 e. The fourth-order valence-corrected chi connectivity index (χ4v) is 1.57. The molecule has 0 atom stereocenters. The van der Waals surface area contributed by atoms with Gasteiger partial charge in [0.05, 0.1) is 0 Å². The minimum absolute atomic E-state index is 0. The molecule has 0 bridgehead atoms. The summed E-state index contributed by atoms with van der Waals surface area (Å²) in [5.74, 6) is 0. The van der Waals surface area contributed by atoms with Gasteiger partial charge in [-0.25, -0.2) is 0 Å². The molecule has 4 heteroatoms. The quantitative estimate of drug-likeness (QED) is 0.631. The average Bonchev–Trinajstić information content (AvgIpc) is 1.85. The Hall–Kier alpha value is 0.0923. The number of piperazine rings is 1. The van der Waals surface area contributed by atoms with Gasteiger partial charge in [0, 0.05) is 45.6 Å². The molecular weight excluding hydrogens is 326 g/mol. The number of hydrogen-bond acceptors (Lipinski definition) is 2. The van der Waals surface area contributed by atoms with E-state index in [4.69, 9.17) is 0 Å². The van der Waals surface area contributed by atoms with Crippen LogP contribution in [0.1, 0.15) is 13.8 Å². The molecular formula is C8H15N2ORe-. The van der Waals surface area contributed by atoms with Gasteiger partial charge in [-0.3, -0.25) is 0 Å². The van der Waals surface area contributed by atoms with Gasteiger partial charge in [0.1, 0.15) is 0 Å². The second-order valence-corrected chi connectivity index (χ2v) is 3.79. The first-order valence-corrected chi connectivity index (χ1v) is 3.90. The van der Waals surface area contributed by atoms with Crippen molar-refractivity contribution in [2.45, 2.75) is 19.4 Å². The molecule has 1 aliphatic rings. The first kappa shape index (κ1) is 12.1. The van der Waals surface area contributed by atoms with Crippen molar-refractivity contribution in [1.29, 1.82) is 0 Å². The van der Waals surface area contributed by atoms with Gasteiger partial charge in [0.2, 0.25) is 0 Å². The van der Waals surface area contributed by atoms with E-state index in [1.54, 1.807) is 4.90 Å². The summed E-state index contributed by atoms with van der Waals surface area (Å²) < 4.78 is 0. The van der Waals surface area contributed by atoms with Crippen molar-refractivity contribution in [3.8, 4) is 0 Å². The van der Waals surface area contributed by atoms with Crippen LogP contribution in [-0.2, 0) is 25.2 Å². The standard InChI is InChI=1S/C8H15N2O.Re/c1-8(2)6-9(3)4-5-10(8)7-11;/h4-6H2,1-3H3;/q-1;. The zero-order valence-electron chi connectivity index (χ0n) is 7.80. The normalized spacial score (nSPS) is 23.1. The Labute approximate surface area is 87.7 Å². The molecule has 0 saturated carbocycles. The summed E-state index contributed by atoms with van der Waals surface area (Å²) in [6, 6.07) is 0. The van der Waals surface area contributed by atoms with E-state index in [-0.39, 0.29) is 26.0 Å². The Morgan fingerprint density at radius 1 is 1.33 bits per heavy atom. The molecule has 0 aromatic carbocycles. The molecule has 0 spiro atoms. The van der Waals surface area contributed by atoms with Crippen LogP contribution in [0.3, 0.4) is 0 Å². The Morgan fingerprint density at radius 3 is 2.33 bits per heavy atom. The second-order valence-electron chi connectivity index (χ2n) is 3.79. The van der Waals surface area contributed by atoms with Gasteiger partial charge in [-0.2, -0.15) is 6.41 Å². The molecule has 1 heterocycles. The number of nitrogens with zero attached hydrogens (tertiary/aromatic N) is 2. The summed E-state index contributed by atoms with van der Waals surface area (Å²) in [5, 5.41) is 0. The van der Waals surface area contributed by atoms with Gasteiger partial charge in [-0.1, -0.05) is 0 Å². The maximum absolute atomic E-state index is 10.5. The zero-order valence-corrected chi connectivity index (χ0v) is 10.5. The Balaban J connectivity index is 0.00000121. The van der Waals surface area contributed by atoms with Crippen molar-refractivity contribution in [3.63, 3.8) is 0 Å². The number of likely N-dealkylation sites (N-methyl/N-ethyl adjacent to an activating group) is 1. The fourth-order valence-electron chi connectivity index (χ4n) is 1.57. The molecule has 1 fully saturated rings. The van der Waals surface area contributed by atoms with Crippen LogP contribution < -0.4 is 0 Å². The van der Waals surface area contributed by atoms with E-state index >= 15 is 0 Å². The van der Waals surface area contributed by atoms with E-state index in [0.717, 1.165) is 19.6 Å². The van der Waals surface area contributed by atoms with Crippen LogP contribution in [0.15, 0.2) is 0 Å². The summed E-state index contributed by atoms with van der Waals surface area (Å²) in [6.45, 7) is 6.81. The van der Waals surface area contributed by atoms with Crippen LogP contribution in [-0.4, -0.2) is 48.4 Å². The van der Waals surface area contributed by atoms with Crippen molar-refractivity contribution in [1.82, 2.24) is 9.80 Å². The van der Waals surface area contributed by atoms with Crippen molar-refractivity contribution >= 4 is 6.41 Å². The monoisotopic (exact) mass is 342 g/mol. The summed E-state index contributed by atoms with van der Waals surface area (Å²) in [5.41, 5.74) is -0.0469. The van der Waals surface area contributed by atoms with Crippen molar-refractivity contribution in [2.24, 2.45) is 0 Å². The fraction of sp³-hybridized carbons (Fsp3) is 0.875. The average molecular weight is 341 g/mol. The number of rotatable bonds is 1. The van der Waals surface area contributed by atoms with Crippen molar-refractivity contribution < 1.29 is 25.2 Å². The molecule has 0 unspecified atom stereocenters. The third-order valence-corrected chi connectivity index (χ3v) is 2.20. The van der Waals surface area contributed by atoms with E-state index in [0.29, 0.717) is 0 Å². The predicted molar refractivity (Wildman–Crippen MR) is 44.0 cm³/mol. The summed E-state index contributed by atoms with van der Waals surface area (Å²) in [4.78, 5) is 14.4. The number of amides is 1. The Morgan fingerprint density at radius 2 is 1.92 bits per heavy atom. The van der Waals surface area contributed by atoms with E-state index in [1.807, 2.05) is 6.41 Å². The van der Waals surface area contributed by atoms with Gasteiger partial charge in [-0.15, -0.1) is 0 Å². The molecule has 3 nitrogen and oxygen atoms in total. The number of carbonyl (C=O) groups excluding carboxylic acids is 1. The molecule has 1 radical (unpaired) electrons. The summed E-state index contributed by atoms with van der Waals surface area (Å²) in [6.07, 6.45) is 1.97. The van der Waals surface area contributed by atoms with Crippen molar-refractivity contribution in [2.75, 3.05) is 26.7 Å². The maximum atomic E-state index is 10.5. The second kappa shape index (κ2) is 4.36. The summed E-state index contributed by atoms with van der Waals surface area (Å²) >= 11 is 0. The van der Waals surface area contributed by atoms with Crippen LogP contribution in [0.5, 0.6) is 0 Å². The van der Waals surface area contributed by atoms with Gasteiger partial charge in [0.25, 0.3) is 0 Å². The molecule has 0 N–H and O–H groups in total. The third kappa shape index (κ3) is 2.55. The van der Waals surface area contributed by atoms with Crippen LogP contribution in [0.4, 0.5) is 0 Å². The van der Waals surface area contributed by atoms with Crippen LogP contribution in [0.2, 0.25) is 0 Å². The molecule has 0 aromatic rings. The zero-order chi connectivity index (χ0) is 8.48. The summed E-state index contributed by atoms with van der Waals surface area (Å²) in [7, 11) is 2.07. The first-order chi connectivity index (χ1) is 5.06. The minimum Gasteiger partial charge on any atom is -0.520 e. The molecule has 0 aromatic heterocycles. The number of hydrogen-bond donors (Lipinski definition) is 0. The molecule has 1 saturated heterocycles. The molecule has 1 rings (SSSR count). The molecule has 0 aliphatic carbocycles. The van der Waals surface area contributed by atoms with Crippen LogP contribution in [0, 0.1) is 0 Å². The van der Waals surface area contributed by atoms with Gasteiger partial charge < -0.3 is 14.6 Å².